The summed E-state index contributed by atoms with van der Waals surface area (Å²) in [5.74, 6) is 0.626. The summed E-state index contributed by atoms with van der Waals surface area (Å²) in [7, 11) is 0. The number of aromatic nitrogens is 1. The molecule has 9 nitrogen and oxygen atoms in total. The van der Waals surface area contributed by atoms with Crippen molar-refractivity contribution in [3.8, 4) is 6.07 Å². The number of pyridine rings is 1. The van der Waals surface area contributed by atoms with Crippen LogP contribution in [0.4, 0.5) is 5.82 Å². The first-order valence-electron chi connectivity index (χ1n) is 12.7. The van der Waals surface area contributed by atoms with E-state index in [1.807, 2.05) is 6.92 Å². The van der Waals surface area contributed by atoms with Gasteiger partial charge >= 0.3 is 5.97 Å². The summed E-state index contributed by atoms with van der Waals surface area (Å²) >= 11 is 6.68. The minimum atomic E-state index is -0.350. The highest BCUT2D eigenvalue weighted by Crippen LogP contribution is 2.37. The number of piperidine rings is 1. The lowest BCUT2D eigenvalue weighted by molar-refractivity contribution is -0.148. The first kappa shape index (κ1) is 27.7. The fraction of sp³-hybridized carbons (Fsp3) is 0.444. The molecule has 1 amide bonds. The van der Waals surface area contributed by atoms with Gasteiger partial charge in [-0.25, -0.2) is 0 Å². The first-order chi connectivity index (χ1) is 18.3. The zero-order valence-electron chi connectivity index (χ0n) is 21.7. The number of amides is 1. The van der Waals surface area contributed by atoms with E-state index in [0.717, 1.165) is 0 Å². The number of esters is 1. The number of nitriles is 1. The second-order valence-corrected chi connectivity index (χ2v) is 10.8. The van der Waals surface area contributed by atoms with Crippen molar-refractivity contribution < 1.29 is 18.7 Å². The van der Waals surface area contributed by atoms with E-state index in [0.29, 0.717) is 77.4 Å². The molecule has 4 rings (SSSR count). The molecule has 2 aliphatic heterocycles. The fourth-order valence-corrected chi connectivity index (χ4v) is 6.07. The Balaban J connectivity index is 1.76. The van der Waals surface area contributed by atoms with Crippen molar-refractivity contribution in [3.63, 3.8) is 0 Å². The molecule has 0 spiro atoms. The molecule has 0 atom stereocenters. The highest BCUT2D eigenvalue weighted by molar-refractivity contribution is 8.26. The van der Waals surface area contributed by atoms with Crippen LogP contribution in [0.2, 0.25) is 0 Å². The van der Waals surface area contributed by atoms with Crippen molar-refractivity contribution in [2.75, 3.05) is 24.6 Å². The van der Waals surface area contributed by atoms with E-state index in [-0.39, 0.29) is 35.5 Å². The second-order valence-electron chi connectivity index (χ2n) is 9.17. The van der Waals surface area contributed by atoms with Crippen molar-refractivity contribution in [1.82, 2.24) is 9.47 Å². The largest absolute Gasteiger partial charge is 0.467 e. The molecule has 38 heavy (non-hydrogen) atoms. The molecule has 0 radical (unpaired) electrons. The lowest BCUT2D eigenvalue weighted by atomic mass is 9.95. The molecule has 0 aliphatic carbocycles. The van der Waals surface area contributed by atoms with Crippen LogP contribution in [0, 0.1) is 24.2 Å². The van der Waals surface area contributed by atoms with E-state index in [9.17, 15) is 19.6 Å². The molecule has 11 heteroatoms. The molecule has 2 aromatic rings. The summed E-state index contributed by atoms with van der Waals surface area (Å²) in [6.07, 6.45) is 5.15. The third-order valence-electron chi connectivity index (χ3n) is 6.75. The highest BCUT2D eigenvalue weighted by Gasteiger charge is 2.35. The monoisotopic (exact) mass is 554 g/mol. The molecule has 0 bridgehead atoms. The van der Waals surface area contributed by atoms with E-state index in [4.69, 9.17) is 21.4 Å². The molecule has 0 aromatic carbocycles. The van der Waals surface area contributed by atoms with Crippen LogP contribution >= 0.6 is 24.0 Å². The predicted molar refractivity (Wildman–Crippen MR) is 149 cm³/mol. The molecule has 200 valence electrons. The average Bonchev–Trinajstić information content (AvgIpc) is 3.51. The van der Waals surface area contributed by atoms with Crippen LogP contribution in [0.1, 0.15) is 55.6 Å². The summed E-state index contributed by atoms with van der Waals surface area (Å²) < 4.78 is 12.6. The zero-order valence-corrected chi connectivity index (χ0v) is 23.3. The number of hydrogen-bond acceptors (Lipinski definition) is 9. The van der Waals surface area contributed by atoms with Gasteiger partial charge in [-0.1, -0.05) is 30.9 Å². The maximum absolute atomic E-state index is 13.4. The molecule has 2 saturated heterocycles. The highest BCUT2D eigenvalue weighted by atomic mass is 32.2. The molecular formula is C27H30N4O5S2. The van der Waals surface area contributed by atoms with Gasteiger partial charge in [0.2, 0.25) is 0 Å². The first-order valence-corrected chi connectivity index (χ1v) is 13.9. The van der Waals surface area contributed by atoms with E-state index in [1.165, 1.54) is 16.7 Å². The summed E-state index contributed by atoms with van der Waals surface area (Å²) in [5.41, 5.74) is 0.865. The van der Waals surface area contributed by atoms with Gasteiger partial charge in [-0.2, -0.15) is 5.26 Å². The zero-order chi connectivity index (χ0) is 27.4. The van der Waals surface area contributed by atoms with Gasteiger partial charge in [0.15, 0.2) is 0 Å². The number of furan rings is 1. The summed E-state index contributed by atoms with van der Waals surface area (Å²) in [4.78, 5) is 43.0. The van der Waals surface area contributed by atoms with E-state index < -0.39 is 0 Å². The van der Waals surface area contributed by atoms with Crippen LogP contribution < -0.4 is 10.5 Å². The number of thioether (sulfide) groups is 1. The standard InChI is InChI=1S/C27H30N4O5S2/c1-4-10-30-23(29-11-8-18(9-12-29)26(34)35-5-2)20(17(3)21(15-28)24(30)32)14-22-25(33)31(27(37)38-22)16-19-7-6-13-36-19/h6-7,13-14,18H,4-5,8-12,16H2,1-3H3/b22-14+. The Kier molecular flexibility index (Phi) is 8.74. The normalized spacial score (nSPS) is 17.4. The Labute approximate surface area is 231 Å². The molecule has 0 unspecified atom stereocenters. The van der Waals surface area contributed by atoms with Gasteiger partial charge in [0.05, 0.1) is 30.2 Å². The molecule has 2 fully saturated rings. The van der Waals surface area contributed by atoms with Crippen molar-refractivity contribution in [2.24, 2.45) is 5.92 Å². The number of nitrogens with zero attached hydrogens (tertiary/aromatic N) is 4. The number of thiocarbonyl (C=S) groups is 1. The number of rotatable bonds is 8. The number of carbonyl (C=O) groups is 2. The fourth-order valence-electron chi connectivity index (χ4n) is 4.83. The minimum Gasteiger partial charge on any atom is -0.467 e. The minimum absolute atomic E-state index is 0.0564. The predicted octanol–water partition coefficient (Wildman–Crippen LogP) is 4.21. The third kappa shape index (κ3) is 5.42. The van der Waals surface area contributed by atoms with Gasteiger partial charge in [0.1, 0.15) is 27.5 Å². The third-order valence-corrected chi connectivity index (χ3v) is 8.13. The van der Waals surface area contributed by atoms with Gasteiger partial charge in [0.25, 0.3) is 11.5 Å². The van der Waals surface area contributed by atoms with Gasteiger partial charge in [-0.15, -0.1) is 0 Å². The molecule has 0 saturated carbocycles. The van der Waals surface area contributed by atoms with Crippen LogP contribution in [0.3, 0.4) is 0 Å². The topological polar surface area (TPSA) is 109 Å². The smallest absolute Gasteiger partial charge is 0.309 e. The molecule has 4 heterocycles. The van der Waals surface area contributed by atoms with Crippen LogP contribution in [0.15, 0.2) is 32.5 Å². The summed E-state index contributed by atoms with van der Waals surface area (Å²) in [6, 6.07) is 5.61. The van der Waals surface area contributed by atoms with Crippen LogP contribution in [-0.2, 0) is 27.4 Å². The lowest BCUT2D eigenvalue weighted by Gasteiger charge is -2.35. The van der Waals surface area contributed by atoms with Gasteiger partial charge in [-0.05, 0) is 56.9 Å². The Morgan fingerprint density at radius 3 is 2.66 bits per heavy atom. The number of carbonyl (C=O) groups excluding carboxylic acids is 2. The van der Waals surface area contributed by atoms with Crippen molar-refractivity contribution in [3.05, 3.63) is 56.1 Å². The molecule has 2 aliphatic rings. The van der Waals surface area contributed by atoms with Crippen molar-refractivity contribution in [1.29, 1.82) is 5.26 Å². The van der Waals surface area contributed by atoms with Gasteiger partial charge in [0, 0.05) is 25.2 Å². The SMILES string of the molecule is CCCn1c(N2CCC(C(=O)OCC)CC2)c(/C=C2/SC(=S)N(Cc3ccco3)C2=O)c(C)c(C#N)c1=O. The Morgan fingerprint density at radius 1 is 1.32 bits per heavy atom. The number of anilines is 1. The Morgan fingerprint density at radius 2 is 2.05 bits per heavy atom. The maximum atomic E-state index is 13.4. The molecule has 0 N–H and O–H groups in total. The van der Waals surface area contributed by atoms with Crippen LogP contribution in [0.25, 0.3) is 6.08 Å². The van der Waals surface area contributed by atoms with Crippen LogP contribution in [-0.4, -0.2) is 45.4 Å². The summed E-state index contributed by atoms with van der Waals surface area (Å²) in [6.45, 7) is 7.56. The summed E-state index contributed by atoms with van der Waals surface area (Å²) in [5, 5.41) is 9.84. The quantitative estimate of drug-likeness (QED) is 0.269. The second kappa shape index (κ2) is 12.0. The average molecular weight is 555 g/mol. The van der Waals surface area contributed by atoms with Gasteiger partial charge < -0.3 is 14.1 Å². The van der Waals surface area contributed by atoms with E-state index in [1.54, 1.807) is 42.9 Å². The number of ether oxygens (including phenoxy) is 1. The number of hydrogen-bond donors (Lipinski definition) is 0. The van der Waals surface area contributed by atoms with Gasteiger partial charge in [-0.3, -0.25) is 23.9 Å². The Bertz CT molecular complexity index is 1370. The molecule has 2 aromatic heterocycles. The van der Waals surface area contributed by atoms with E-state index >= 15 is 0 Å². The maximum Gasteiger partial charge on any atom is 0.309 e. The lowest BCUT2D eigenvalue weighted by Crippen LogP contribution is -2.41. The Hall–Kier alpha value is -3.36. The van der Waals surface area contributed by atoms with Crippen molar-refractivity contribution in [2.45, 2.75) is 53.1 Å². The van der Waals surface area contributed by atoms with Crippen molar-refractivity contribution >= 4 is 52.1 Å². The van der Waals surface area contributed by atoms with E-state index in [2.05, 4.69) is 11.0 Å². The van der Waals surface area contributed by atoms with Crippen LogP contribution in [0.5, 0.6) is 0 Å². The molecular weight excluding hydrogens is 524 g/mol.